The standard InChI is InChI=1S/C22H21Cl3F2N2/c1-5-28-11(2)15-9-14(10-17(24)21(15)27)29-12(3)19-20(22(19,4)25)13-6-7-18(26)16(23)8-13/h6-10,19-20,28-29H,2-3,5H2,1,4H3. The van der Waals surface area contributed by atoms with E-state index in [4.69, 9.17) is 34.8 Å². The fourth-order valence-corrected chi connectivity index (χ4v) is 4.56. The lowest BCUT2D eigenvalue weighted by molar-refractivity contribution is 0.622. The summed E-state index contributed by atoms with van der Waals surface area (Å²) in [6.45, 7) is 12.4. The number of alkyl halides is 1. The molecule has 0 radical (unpaired) electrons. The van der Waals surface area contributed by atoms with Crippen LogP contribution in [0, 0.1) is 17.6 Å². The van der Waals surface area contributed by atoms with Crippen molar-refractivity contribution in [3.05, 3.63) is 82.0 Å². The van der Waals surface area contributed by atoms with E-state index in [1.807, 2.05) is 13.8 Å². The molecule has 0 saturated heterocycles. The van der Waals surface area contributed by atoms with Crippen LogP contribution in [0.3, 0.4) is 0 Å². The first-order valence-electron chi connectivity index (χ1n) is 9.09. The molecule has 0 spiro atoms. The third-order valence-corrected chi connectivity index (χ3v) is 6.20. The molecule has 0 aliphatic heterocycles. The SMILES string of the molecule is C=C(NCC)c1cc(NC(=C)C2C(c3ccc(F)c(Cl)c3)C2(C)Cl)cc(Cl)c1F. The van der Waals surface area contributed by atoms with E-state index >= 15 is 0 Å². The second kappa shape index (κ2) is 8.17. The molecule has 3 unspecified atom stereocenters. The van der Waals surface area contributed by atoms with Crippen LogP contribution in [0.2, 0.25) is 10.0 Å². The molecule has 3 rings (SSSR count). The van der Waals surface area contributed by atoms with Gasteiger partial charge in [0.05, 0.1) is 14.9 Å². The summed E-state index contributed by atoms with van der Waals surface area (Å²) < 4.78 is 27.9. The molecule has 0 aromatic heterocycles. The highest BCUT2D eigenvalue weighted by atomic mass is 35.5. The predicted molar refractivity (Wildman–Crippen MR) is 119 cm³/mol. The zero-order chi connectivity index (χ0) is 21.5. The first-order chi connectivity index (χ1) is 13.6. The van der Waals surface area contributed by atoms with E-state index in [1.165, 1.54) is 12.1 Å². The third-order valence-electron chi connectivity index (χ3n) is 5.17. The van der Waals surface area contributed by atoms with Gasteiger partial charge in [0, 0.05) is 41.0 Å². The fraction of sp³-hybridized carbons (Fsp3) is 0.273. The van der Waals surface area contributed by atoms with Gasteiger partial charge in [0.2, 0.25) is 0 Å². The smallest absolute Gasteiger partial charge is 0.151 e. The van der Waals surface area contributed by atoms with Crippen molar-refractivity contribution >= 4 is 46.2 Å². The zero-order valence-corrected chi connectivity index (χ0v) is 18.3. The molecule has 1 fully saturated rings. The minimum absolute atomic E-state index is 0.0249. The van der Waals surface area contributed by atoms with Crippen LogP contribution in [-0.2, 0) is 0 Å². The lowest BCUT2D eigenvalue weighted by Crippen LogP contribution is -2.12. The number of rotatable bonds is 7. The van der Waals surface area contributed by atoms with Crippen molar-refractivity contribution < 1.29 is 8.78 Å². The van der Waals surface area contributed by atoms with Crippen LogP contribution >= 0.6 is 34.8 Å². The lowest BCUT2D eigenvalue weighted by atomic mass is 10.1. The van der Waals surface area contributed by atoms with Crippen LogP contribution in [0.25, 0.3) is 5.70 Å². The molecular formula is C22H21Cl3F2N2. The second-order valence-corrected chi connectivity index (χ2v) is 8.89. The van der Waals surface area contributed by atoms with Gasteiger partial charge in [-0.15, -0.1) is 11.6 Å². The van der Waals surface area contributed by atoms with Gasteiger partial charge in [0.25, 0.3) is 0 Å². The van der Waals surface area contributed by atoms with Crippen molar-refractivity contribution in [2.24, 2.45) is 5.92 Å². The van der Waals surface area contributed by atoms with Crippen LogP contribution in [0.4, 0.5) is 14.5 Å². The number of anilines is 1. The van der Waals surface area contributed by atoms with Crippen LogP contribution in [-0.4, -0.2) is 11.4 Å². The maximum Gasteiger partial charge on any atom is 0.151 e. The monoisotopic (exact) mass is 456 g/mol. The Morgan fingerprint density at radius 1 is 1.14 bits per heavy atom. The summed E-state index contributed by atoms with van der Waals surface area (Å²) in [6.07, 6.45) is 0. The van der Waals surface area contributed by atoms with E-state index in [-0.39, 0.29) is 27.4 Å². The molecule has 2 N–H and O–H groups in total. The number of hydrogen-bond acceptors (Lipinski definition) is 2. The normalized spacial score (nSPS) is 22.9. The third kappa shape index (κ3) is 4.25. The molecule has 154 valence electrons. The Bertz CT molecular complexity index is 988. The van der Waals surface area contributed by atoms with Crippen LogP contribution in [0.1, 0.15) is 30.9 Å². The van der Waals surface area contributed by atoms with Crippen LogP contribution in [0.15, 0.2) is 49.2 Å². The largest absolute Gasteiger partial charge is 0.385 e. The van der Waals surface area contributed by atoms with E-state index in [0.29, 0.717) is 23.6 Å². The molecule has 7 heteroatoms. The van der Waals surface area contributed by atoms with Crippen molar-refractivity contribution in [1.29, 1.82) is 0 Å². The minimum atomic E-state index is -0.606. The van der Waals surface area contributed by atoms with E-state index < -0.39 is 16.5 Å². The van der Waals surface area contributed by atoms with Gasteiger partial charge in [-0.1, -0.05) is 42.4 Å². The van der Waals surface area contributed by atoms with Crippen molar-refractivity contribution in [3.8, 4) is 0 Å². The van der Waals surface area contributed by atoms with E-state index in [0.717, 1.165) is 5.56 Å². The Balaban J connectivity index is 1.83. The Labute approximate surface area is 184 Å². The molecular weight excluding hydrogens is 437 g/mol. The van der Waals surface area contributed by atoms with E-state index in [1.54, 1.807) is 18.2 Å². The minimum Gasteiger partial charge on any atom is -0.385 e. The first kappa shape index (κ1) is 21.9. The molecule has 0 heterocycles. The molecule has 0 amide bonds. The highest BCUT2D eigenvalue weighted by Crippen LogP contribution is 2.64. The average Bonchev–Trinajstić information content (AvgIpc) is 3.22. The number of benzene rings is 2. The summed E-state index contributed by atoms with van der Waals surface area (Å²) >= 11 is 18.7. The van der Waals surface area contributed by atoms with Crippen LogP contribution in [0.5, 0.6) is 0 Å². The maximum absolute atomic E-state index is 14.4. The van der Waals surface area contributed by atoms with Gasteiger partial charge in [-0.25, -0.2) is 8.78 Å². The summed E-state index contributed by atoms with van der Waals surface area (Å²) in [7, 11) is 0. The van der Waals surface area contributed by atoms with Gasteiger partial charge >= 0.3 is 0 Å². The number of hydrogen-bond donors (Lipinski definition) is 2. The summed E-state index contributed by atoms with van der Waals surface area (Å²) in [5.74, 6) is -1.24. The van der Waals surface area contributed by atoms with Crippen molar-refractivity contribution in [2.75, 3.05) is 11.9 Å². The van der Waals surface area contributed by atoms with Gasteiger partial charge < -0.3 is 10.6 Å². The van der Waals surface area contributed by atoms with Crippen LogP contribution < -0.4 is 10.6 Å². The number of allylic oxidation sites excluding steroid dienone is 1. The maximum atomic E-state index is 14.4. The molecule has 1 aliphatic carbocycles. The Morgan fingerprint density at radius 2 is 1.83 bits per heavy atom. The summed E-state index contributed by atoms with van der Waals surface area (Å²) in [5, 5.41) is 6.20. The molecule has 1 saturated carbocycles. The Morgan fingerprint density at radius 3 is 2.45 bits per heavy atom. The number of halogens is 5. The van der Waals surface area contributed by atoms with Gasteiger partial charge in [-0.3, -0.25) is 0 Å². The summed E-state index contributed by atoms with van der Waals surface area (Å²) in [6, 6.07) is 7.70. The quantitative estimate of drug-likeness (QED) is 0.430. The molecule has 2 aromatic rings. The topological polar surface area (TPSA) is 24.1 Å². The average molecular weight is 458 g/mol. The molecule has 0 bridgehead atoms. The Hall–Kier alpha value is -1.75. The van der Waals surface area contributed by atoms with Gasteiger partial charge in [0.1, 0.15) is 5.82 Å². The predicted octanol–water partition coefficient (Wildman–Crippen LogP) is 7.19. The highest BCUT2D eigenvalue weighted by Gasteiger charge is 2.62. The van der Waals surface area contributed by atoms with Gasteiger partial charge in [0.15, 0.2) is 5.82 Å². The molecule has 2 nitrogen and oxygen atoms in total. The summed E-state index contributed by atoms with van der Waals surface area (Å²) in [4.78, 5) is -0.606. The van der Waals surface area contributed by atoms with Crippen molar-refractivity contribution in [1.82, 2.24) is 5.32 Å². The Kier molecular flexibility index (Phi) is 6.19. The molecule has 2 aromatic carbocycles. The fourth-order valence-electron chi connectivity index (χ4n) is 3.70. The van der Waals surface area contributed by atoms with Crippen molar-refractivity contribution in [3.63, 3.8) is 0 Å². The second-order valence-electron chi connectivity index (χ2n) is 7.26. The van der Waals surface area contributed by atoms with E-state index in [2.05, 4.69) is 23.8 Å². The van der Waals surface area contributed by atoms with Gasteiger partial charge in [-0.05, 0) is 43.7 Å². The van der Waals surface area contributed by atoms with E-state index in [9.17, 15) is 8.78 Å². The molecule has 29 heavy (non-hydrogen) atoms. The first-order valence-corrected chi connectivity index (χ1v) is 10.2. The summed E-state index contributed by atoms with van der Waals surface area (Å²) in [5.41, 5.74) is 2.77. The number of nitrogens with one attached hydrogen (secondary N) is 2. The lowest BCUT2D eigenvalue weighted by Gasteiger charge is -2.15. The zero-order valence-electron chi connectivity index (χ0n) is 16.1. The van der Waals surface area contributed by atoms with Gasteiger partial charge in [-0.2, -0.15) is 0 Å². The highest BCUT2D eigenvalue weighted by molar-refractivity contribution is 6.31. The van der Waals surface area contributed by atoms with Crippen molar-refractivity contribution in [2.45, 2.75) is 24.6 Å². The molecule has 1 aliphatic rings. The molecule has 3 atom stereocenters.